The van der Waals surface area contributed by atoms with Crippen molar-refractivity contribution in [1.29, 1.82) is 0 Å². The number of nitrogens with zero attached hydrogens (tertiary/aromatic N) is 2. The molecule has 0 unspecified atom stereocenters. The van der Waals surface area contributed by atoms with E-state index in [1.807, 2.05) is 36.6 Å². The van der Waals surface area contributed by atoms with Crippen molar-refractivity contribution >= 4 is 55.9 Å². The maximum absolute atomic E-state index is 12.1. The van der Waals surface area contributed by atoms with Gasteiger partial charge in [0.1, 0.15) is 5.03 Å². The molecule has 0 atom stereocenters. The van der Waals surface area contributed by atoms with Gasteiger partial charge >= 0.3 is 159 Å². The van der Waals surface area contributed by atoms with Crippen molar-refractivity contribution in [3.05, 3.63) is 82.5 Å². The molecule has 0 spiro atoms. The van der Waals surface area contributed by atoms with Gasteiger partial charge in [0.15, 0.2) is 0 Å². The predicted molar refractivity (Wildman–Crippen MR) is 119 cm³/mol. The van der Waals surface area contributed by atoms with Gasteiger partial charge < -0.3 is 0 Å². The molecule has 1 aromatic heterocycles. The van der Waals surface area contributed by atoms with Crippen LogP contribution < -0.4 is 10.9 Å². The molecule has 0 saturated heterocycles. The third-order valence-electron chi connectivity index (χ3n) is 3.75. The van der Waals surface area contributed by atoms with Gasteiger partial charge in [-0.1, -0.05) is 16.9 Å². The van der Waals surface area contributed by atoms with Gasteiger partial charge in [-0.2, -0.15) is 0 Å². The van der Waals surface area contributed by atoms with Crippen LogP contribution in [0.2, 0.25) is 0 Å². The molecule has 0 aliphatic heterocycles. The summed E-state index contributed by atoms with van der Waals surface area (Å²) in [4.78, 5) is 26.5. The summed E-state index contributed by atoms with van der Waals surface area (Å²) in [7, 11) is 15.3. The second-order valence-corrected chi connectivity index (χ2v) is 21.1. The van der Waals surface area contributed by atoms with Gasteiger partial charge in [0.25, 0.3) is 0 Å². The van der Waals surface area contributed by atoms with Crippen LogP contribution in [0, 0.1) is 10.1 Å². The minimum absolute atomic E-state index is 0.0464. The third-order valence-corrected chi connectivity index (χ3v) is 16.9. The standard InChI is InChI=1S/C13H7NO4.C6H7NS2.2ClH.2Hg/c15-13(10-4-2-1-3-5-10)18-12-8-6-11(7-9-12)14(16)17;1-8-9-6-4-2-3-5-7-6;;;;/h2-8H;2-5H,1H3;2*1H;;/q;;;;2*+1/p-2. The summed E-state index contributed by atoms with van der Waals surface area (Å²) in [5, 5.41) is 11.8. The van der Waals surface area contributed by atoms with Gasteiger partial charge in [0.05, 0.1) is 0 Å². The molecule has 3 aromatic rings. The van der Waals surface area contributed by atoms with Crippen LogP contribution in [-0.4, -0.2) is 22.1 Å². The molecule has 0 radical (unpaired) electrons. The number of aromatic nitrogens is 1. The summed E-state index contributed by atoms with van der Waals surface area (Å²) in [6.07, 6.45) is 3.85. The van der Waals surface area contributed by atoms with Crippen molar-refractivity contribution in [1.82, 2.24) is 4.98 Å². The average molecular weight is 871 g/mol. The zero-order valence-corrected chi connectivity index (χ0v) is 30.5. The Labute approximate surface area is 219 Å². The molecule has 154 valence electrons. The van der Waals surface area contributed by atoms with Crippen LogP contribution in [-0.2, 0) is 46.7 Å². The molecule has 0 N–H and O–H groups in total. The number of hydrogen-bond donors (Lipinski definition) is 0. The number of halogens is 2. The third kappa shape index (κ3) is 9.17. The summed E-state index contributed by atoms with van der Waals surface area (Å²) >= 11 is -3.46. The molecular formula is C19H14Cl2Hg2N2O4S2. The molecule has 31 heavy (non-hydrogen) atoms. The van der Waals surface area contributed by atoms with E-state index in [9.17, 15) is 14.9 Å². The number of benzene rings is 2. The first-order valence-corrected chi connectivity index (χ1v) is 30.4. The number of esters is 1. The van der Waals surface area contributed by atoms with Crippen LogP contribution in [0.25, 0.3) is 0 Å². The number of ether oxygens (including phenoxy) is 1. The molecule has 0 saturated carbocycles. The first kappa shape index (κ1) is 26.9. The van der Waals surface area contributed by atoms with Crippen LogP contribution in [0.1, 0.15) is 10.4 Å². The molecule has 12 heteroatoms. The normalized spacial score (nSPS) is 9.52. The molecule has 6 nitrogen and oxygen atoms in total. The number of carbonyl (C=O) groups excluding carboxylic acids is 1. The van der Waals surface area contributed by atoms with Crippen molar-refractivity contribution < 1.29 is 61.1 Å². The van der Waals surface area contributed by atoms with Crippen LogP contribution >= 0.6 is 38.1 Å². The van der Waals surface area contributed by atoms with Crippen LogP contribution in [0.3, 0.4) is 0 Å². The second-order valence-electron chi connectivity index (χ2n) is 5.82. The topological polar surface area (TPSA) is 82.3 Å². The SMILES string of the molecule is CSSc1ccccn1.O=C(Oc1ccc([N+](=O)[O-])c[c]1[Hg][Cl])c1cc[c]([Hg][Cl])cc1. The van der Waals surface area contributed by atoms with E-state index in [1.54, 1.807) is 39.9 Å². The number of nitro benzene ring substituents is 1. The summed E-state index contributed by atoms with van der Waals surface area (Å²) in [6.45, 7) is 0. The number of nitro groups is 1. The van der Waals surface area contributed by atoms with Crippen molar-refractivity contribution in [2.24, 2.45) is 0 Å². The zero-order valence-electron chi connectivity index (χ0n) is 16.4. The number of non-ortho nitro benzene ring substituents is 1. The monoisotopic (exact) mass is 872 g/mol. The first-order valence-electron chi connectivity index (χ1n) is 8.80. The summed E-state index contributed by atoms with van der Waals surface area (Å²) in [5.74, 6) is -0.194. The molecule has 0 aliphatic carbocycles. The van der Waals surface area contributed by atoms with Gasteiger partial charge in [-0.15, -0.1) is 0 Å². The molecular weight excluding hydrogens is 856 g/mol. The van der Waals surface area contributed by atoms with Crippen molar-refractivity contribution in [2.45, 2.75) is 5.03 Å². The molecule has 0 amide bonds. The molecule has 1 heterocycles. The maximum atomic E-state index is 12.1. The Morgan fingerprint density at radius 2 is 1.84 bits per heavy atom. The fourth-order valence-electron chi connectivity index (χ4n) is 2.25. The van der Waals surface area contributed by atoms with Crippen LogP contribution in [0.4, 0.5) is 5.69 Å². The van der Waals surface area contributed by atoms with E-state index in [0.29, 0.717) is 14.4 Å². The minimum atomic E-state index is -1.99. The van der Waals surface area contributed by atoms with Gasteiger partial charge in [0.2, 0.25) is 0 Å². The van der Waals surface area contributed by atoms with E-state index in [2.05, 4.69) is 4.98 Å². The van der Waals surface area contributed by atoms with Crippen molar-refractivity contribution in [2.75, 3.05) is 6.26 Å². The number of hydrogen-bond acceptors (Lipinski definition) is 7. The Bertz CT molecular complexity index is 1020. The van der Waals surface area contributed by atoms with E-state index in [4.69, 9.17) is 21.2 Å². The zero-order chi connectivity index (χ0) is 22.6. The van der Waals surface area contributed by atoms with E-state index in [1.165, 1.54) is 18.2 Å². The molecule has 0 bridgehead atoms. The Kier molecular flexibility index (Phi) is 12.7. The van der Waals surface area contributed by atoms with Gasteiger partial charge in [-0.25, -0.2) is 4.98 Å². The van der Waals surface area contributed by atoms with E-state index in [-0.39, 0.29) is 5.69 Å². The fraction of sp³-hybridized carbons (Fsp3) is 0.0526. The van der Waals surface area contributed by atoms with Crippen molar-refractivity contribution in [3.63, 3.8) is 0 Å². The predicted octanol–water partition coefficient (Wildman–Crippen LogP) is 4.99. The number of carbonyl (C=O) groups is 1. The Morgan fingerprint density at radius 1 is 1.10 bits per heavy atom. The van der Waals surface area contributed by atoms with E-state index >= 15 is 0 Å². The molecule has 0 aliphatic rings. The molecule has 3 rings (SSSR count). The molecule has 2 aromatic carbocycles. The van der Waals surface area contributed by atoms with Crippen LogP contribution in [0.15, 0.2) is 71.9 Å². The summed E-state index contributed by atoms with van der Waals surface area (Å²) in [5.41, 5.74) is 0.368. The van der Waals surface area contributed by atoms with Gasteiger partial charge in [-0.3, -0.25) is 0 Å². The Balaban J connectivity index is 0.000000316. The van der Waals surface area contributed by atoms with Gasteiger partial charge in [-0.05, 0) is 29.2 Å². The summed E-state index contributed by atoms with van der Waals surface area (Å²) < 4.78 is 7.05. The molecule has 0 fully saturated rings. The fourth-order valence-corrected chi connectivity index (χ4v) is 10.8. The quantitative estimate of drug-likeness (QED) is 0.0828. The van der Waals surface area contributed by atoms with E-state index < -0.39 is 57.6 Å². The van der Waals surface area contributed by atoms with E-state index in [0.717, 1.165) is 8.10 Å². The number of rotatable bonds is 7. The second kappa shape index (κ2) is 14.7. The summed E-state index contributed by atoms with van der Waals surface area (Å²) in [6, 6.07) is 17.1. The Morgan fingerprint density at radius 3 is 2.39 bits per heavy atom. The average Bonchev–Trinajstić information content (AvgIpc) is 2.80. The van der Waals surface area contributed by atoms with Crippen LogP contribution in [0.5, 0.6) is 5.75 Å². The van der Waals surface area contributed by atoms with Gasteiger partial charge in [0, 0.05) is 6.20 Å². The first-order chi connectivity index (χ1) is 15.0. The number of pyridine rings is 1. The Hall–Kier alpha value is -0.390. The van der Waals surface area contributed by atoms with Crippen molar-refractivity contribution in [3.8, 4) is 5.75 Å².